The largest absolute Gasteiger partial charge is 0.395 e. The minimum absolute atomic E-state index is 0.0368. The number of likely N-dealkylation sites (tertiary alicyclic amines) is 1. The van der Waals surface area contributed by atoms with E-state index in [1.165, 1.54) is 6.08 Å². The van der Waals surface area contributed by atoms with E-state index in [1.54, 1.807) is 34.1 Å². The fourth-order valence-corrected chi connectivity index (χ4v) is 4.69. The van der Waals surface area contributed by atoms with Crippen molar-refractivity contribution in [3.05, 3.63) is 39.9 Å². The molecule has 2 aliphatic heterocycles. The molecular formula is C24H33Cl2N3O5. The lowest BCUT2D eigenvalue weighted by molar-refractivity contribution is -0.130. The first kappa shape index (κ1) is 26.9. The fraction of sp³-hybridized carbons (Fsp3) is 0.583. The molecule has 1 aromatic carbocycles. The summed E-state index contributed by atoms with van der Waals surface area (Å²) in [5.74, 6) is -0.214. The number of aliphatic hydroxyl groups is 3. The van der Waals surface area contributed by atoms with Crippen molar-refractivity contribution in [3.8, 4) is 0 Å². The molecule has 0 spiro atoms. The molecule has 1 unspecified atom stereocenters. The highest BCUT2D eigenvalue weighted by Gasteiger charge is 2.29. The number of β-amino-alcohol motifs (C(OH)–C–C–N with tert-alkyl or cyclic N) is 1. The Kier molecular flexibility index (Phi) is 10.2. The molecule has 34 heavy (non-hydrogen) atoms. The summed E-state index contributed by atoms with van der Waals surface area (Å²) in [6, 6.07) is 4.96. The summed E-state index contributed by atoms with van der Waals surface area (Å²) in [7, 11) is 0. The number of halogens is 2. The molecule has 2 amide bonds. The maximum Gasteiger partial charge on any atom is 0.246 e. The van der Waals surface area contributed by atoms with Gasteiger partial charge in [0, 0.05) is 57.8 Å². The second kappa shape index (κ2) is 12.9. The van der Waals surface area contributed by atoms with Crippen LogP contribution >= 0.6 is 23.2 Å². The van der Waals surface area contributed by atoms with Gasteiger partial charge in [-0.15, -0.1) is 0 Å². The Balaban J connectivity index is 1.46. The van der Waals surface area contributed by atoms with Crippen LogP contribution in [0.2, 0.25) is 10.0 Å². The Bertz CT molecular complexity index is 884. The molecule has 3 N–H and O–H groups in total. The number of nitrogens with zero attached hydrogens (tertiary/aromatic N) is 3. The van der Waals surface area contributed by atoms with Crippen LogP contribution in [0.4, 0.5) is 0 Å². The summed E-state index contributed by atoms with van der Waals surface area (Å²) in [5, 5.41) is 30.7. The van der Waals surface area contributed by atoms with E-state index in [4.69, 9.17) is 23.2 Å². The van der Waals surface area contributed by atoms with Crippen molar-refractivity contribution in [3.63, 3.8) is 0 Å². The fourth-order valence-electron chi connectivity index (χ4n) is 4.39. The molecular weight excluding hydrogens is 481 g/mol. The second-order valence-electron chi connectivity index (χ2n) is 8.91. The number of hydrogen-bond donors (Lipinski definition) is 3. The molecule has 2 heterocycles. The molecule has 10 heteroatoms. The molecule has 188 valence electrons. The van der Waals surface area contributed by atoms with Crippen molar-refractivity contribution in [2.45, 2.75) is 43.9 Å². The van der Waals surface area contributed by atoms with Gasteiger partial charge in [0.25, 0.3) is 0 Å². The van der Waals surface area contributed by atoms with Crippen LogP contribution in [0.3, 0.4) is 0 Å². The highest BCUT2D eigenvalue weighted by molar-refractivity contribution is 6.42. The van der Waals surface area contributed by atoms with E-state index in [9.17, 15) is 24.9 Å². The smallest absolute Gasteiger partial charge is 0.246 e. The number of carbonyl (C=O) groups excluding carboxylic acids is 2. The minimum atomic E-state index is -0.646. The first-order chi connectivity index (χ1) is 16.3. The lowest BCUT2D eigenvalue weighted by Gasteiger charge is -2.38. The summed E-state index contributed by atoms with van der Waals surface area (Å²) >= 11 is 11.9. The standard InChI is InChI=1S/C24H33Cl2N3O5/c25-21-3-1-17(13-22(21)26)2-4-23(33)28-10-7-24(34)27(11-12-28)8-6-20(32)15-29-9-5-19(31)14-18(29)16-30/h1-4,13,18-20,30-32H,5-12,14-16H2/b4-2+/t18-,19-,20?/m0/s1. The van der Waals surface area contributed by atoms with Gasteiger partial charge in [0.1, 0.15) is 0 Å². The lowest BCUT2D eigenvalue weighted by atomic mass is 9.99. The predicted octanol–water partition coefficient (Wildman–Crippen LogP) is 1.64. The summed E-state index contributed by atoms with van der Waals surface area (Å²) < 4.78 is 0. The van der Waals surface area contributed by atoms with Crippen LogP contribution in [-0.2, 0) is 9.59 Å². The van der Waals surface area contributed by atoms with Crippen LogP contribution in [0.5, 0.6) is 0 Å². The molecule has 2 aliphatic rings. The van der Waals surface area contributed by atoms with Crippen LogP contribution < -0.4 is 0 Å². The molecule has 3 rings (SSSR count). The van der Waals surface area contributed by atoms with Crippen molar-refractivity contribution < 1.29 is 24.9 Å². The quantitative estimate of drug-likeness (QED) is 0.456. The van der Waals surface area contributed by atoms with Gasteiger partial charge in [0.2, 0.25) is 11.8 Å². The minimum Gasteiger partial charge on any atom is -0.395 e. The van der Waals surface area contributed by atoms with Crippen molar-refractivity contribution >= 4 is 41.1 Å². The van der Waals surface area contributed by atoms with Crippen LogP contribution in [-0.4, -0.2) is 106 Å². The predicted molar refractivity (Wildman–Crippen MR) is 132 cm³/mol. The van der Waals surface area contributed by atoms with E-state index in [0.29, 0.717) is 68.6 Å². The molecule has 0 aromatic heterocycles. The third-order valence-electron chi connectivity index (χ3n) is 6.46. The average Bonchev–Trinajstić information content (AvgIpc) is 3.00. The first-order valence-electron chi connectivity index (χ1n) is 11.7. The van der Waals surface area contributed by atoms with Gasteiger partial charge in [0.05, 0.1) is 28.9 Å². The summed E-state index contributed by atoms with van der Waals surface area (Å²) in [5.41, 5.74) is 0.760. The average molecular weight is 514 g/mol. The lowest BCUT2D eigenvalue weighted by Crippen LogP contribution is -2.49. The molecule has 2 saturated heterocycles. The van der Waals surface area contributed by atoms with Crippen molar-refractivity contribution in [1.82, 2.24) is 14.7 Å². The molecule has 0 bridgehead atoms. The van der Waals surface area contributed by atoms with E-state index in [0.717, 1.165) is 5.56 Å². The van der Waals surface area contributed by atoms with Crippen molar-refractivity contribution in [1.29, 1.82) is 0 Å². The molecule has 3 atom stereocenters. The first-order valence-corrected chi connectivity index (χ1v) is 12.4. The maximum absolute atomic E-state index is 12.6. The van der Waals surface area contributed by atoms with Gasteiger partial charge in [-0.3, -0.25) is 14.5 Å². The zero-order chi connectivity index (χ0) is 24.7. The maximum atomic E-state index is 12.6. The van der Waals surface area contributed by atoms with Gasteiger partial charge in [-0.2, -0.15) is 0 Å². The third kappa shape index (κ3) is 7.66. The van der Waals surface area contributed by atoms with E-state index < -0.39 is 12.2 Å². The Morgan fingerprint density at radius 2 is 1.97 bits per heavy atom. The Morgan fingerprint density at radius 3 is 2.71 bits per heavy atom. The van der Waals surface area contributed by atoms with Gasteiger partial charge in [-0.25, -0.2) is 0 Å². The van der Waals surface area contributed by atoms with Gasteiger partial charge < -0.3 is 25.1 Å². The molecule has 0 saturated carbocycles. The van der Waals surface area contributed by atoms with Crippen LogP contribution in [0.1, 0.15) is 31.2 Å². The topological polar surface area (TPSA) is 105 Å². The Hall–Kier alpha value is -1.68. The summed E-state index contributed by atoms with van der Waals surface area (Å²) in [6.45, 7) is 2.54. The molecule has 8 nitrogen and oxygen atoms in total. The normalized spacial score (nSPS) is 23.4. The van der Waals surface area contributed by atoms with Gasteiger partial charge in [0.15, 0.2) is 0 Å². The van der Waals surface area contributed by atoms with E-state index >= 15 is 0 Å². The van der Waals surface area contributed by atoms with E-state index in [-0.39, 0.29) is 30.9 Å². The second-order valence-corrected chi connectivity index (χ2v) is 9.73. The molecule has 0 radical (unpaired) electrons. The third-order valence-corrected chi connectivity index (χ3v) is 7.20. The van der Waals surface area contributed by atoms with Crippen LogP contribution in [0.15, 0.2) is 24.3 Å². The Labute approximate surface area is 210 Å². The number of aliphatic hydroxyl groups excluding tert-OH is 3. The number of piperidine rings is 1. The summed E-state index contributed by atoms with van der Waals surface area (Å²) in [6.07, 6.45) is 3.85. The van der Waals surface area contributed by atoms with Crippen molar-refractivity contribution in [2.24, 2.45) is 0 Å². The molecule has 2 fully saturated rings. The van der Waals surface area contributed by atoms with Gasteiger partial charge >= 0.3 is 0 Å². The van der Waals surface area contributed by atoms with Crippen molar-refractivity contribution in [2.75, 3.05) is 45.9 Å². The van der Waals surface area contributed by atoms with Crippen LogP contribution in [0, 0.1) is 0 Å². The Morgan fingerprint density at radius 1 is 1.18 bits per heavy atom. The van der Waals surface area contributed by atoms with E-state index in [2.05, 4.69) is 0 Å². The zero-order valence-electron chi connectivity index (χ0n) is 19.2. The SMILES string of the molecule is O=C(/C=C/c1ccc(Cl)c(Cl)c1)N1CCC(=O)N(CCC(O)CN2CC[C@H](O)C[C@H]2CO)CC1. The number of rotatable bonds is 8. The number of carbonyl (C=O) groups is 2. The highest BCUT2D eigenvalue weighted by Crippen LogP contribution is 2.23. The van der Waals surface area contributed by atoms with Gasteiger partial charge in [-0.1, -0.05) is 29.3 Å². The zero-order valence-corrected chi connectivity index (χ0v) is 20.7. The number of benzene rings is 1. The summed E-state index contributed by atoms with van der Waals surface area (Å²) in [4.78, 5) is 30.5. The molecule has 1 aromatic rings. The monoisotopic (exact) mass is 513 g/mol. The number of hydrogen-bond acceptors (Lipinski definition) is 6. The van der Waals surface area contributed by atoms with E-state index in [1.807, 2.05) is 4.90 Å². The van der Waals surface area contributed by atoms with Gasteiger partial charge in [-0.05, 0) is 43.0 Å². The number of amides is 2. The van der Waals surface area contributed by atoms with Crippen LogP contribution in [0.25, 0.3) is 6.08 Å². The molecule has 0 aliphatic carbocycles. The highest BCUT2D eigenvalue weighted by atomic mass is 35.5.